The van der Waals surface area contributed by atoms with E-state index in [2.05, 4.69) is 4.98 Å². The summed E-state index contributed by atoms with van der Waals surface area (Å²) in [4.78, 5) is 25.1. The van der Waals surface area contributed by atoms with Crippen molar-refractivity contribution >= 4 is 0 Å². The molecule has 7 heteroatoms. The predicted octanol–water partition coefficient (Wildman–Crippen LogP) is -1.60. The van der Waals surface area contributed by atoms with Gasteiger partial charge < -0.3 is 19.6 Å². The SMILES string of the molecule is O=c1cc[nH]c(=O)n1C1COC(CO)O1. The van der Waals surface area contributed by atoms with Crippen LogP contribution in [0, 0.1) is 0 Å². The molecule has 82 valence electrons. The van der Waals surface area contributed by atoms with E-state index in [0.717, 1.165) is 4.57 Å². The van der Waals surface area contributed by atoms with E-state index in [0.29, 0.717) is 0 Å². The van der Waals surface area contributed by atoms with Crippen LogP contribution >= 0.6 is 0 Å². The van der Waals surface area contributed by atoms with Gasteiger partial charge in [0.1, 0.15) is 0 Å². The quantitative estimate of drug-likeness (QED) is 0.618. The Morgan fingerprint density at radius 2 is 2.40 bits per heavy atom. The number of aliphatic hydroxyl groups excluding tert-OH is 1. The molecule has 1 fully saturated rings. The van der Waals surface area contributed by atoms with E-state index in [1.807, 2.05) is 0 Å². The monoisotopic (exact) mass is 214 g/mol. The van der Waals surface area contributed by atoms with Crippen molar-refractivity contribution in [3.8, 4) is 0 Å². The first kappa shape index (κ1) is 10.1. The van der Waals surface area contributed by atoms with Gasteiger partial charge in [0.2, 0.25) is 0 Å². The first-order valence-electron chi connectivity index (χ1n) is 4.40. The summed E-state index contributed by atoms with van der Waals surface area (Å²) in [5.74, 6) is 0. The molecule has 1 aliphatic heterocycles. The minimum Gasteiger partial charge on any atom is -0.391 e. The first-order chi connectivity index (χ1) is 7.22. The zero-order valence-electron chi connectivity index (χ0n) is 7.75. The highest BCUT2D eigenvalue weighted by atomic mass is 16.7. The van der Waals surface area contributed by atoms with E-state index in [1.165, 1.54) is 12.3 Å². The van der Waals surface area contributed by atoms with Crippen LogP contribution in [0.4, 0.5) is 0 Å². The van der Waals surface area contributed by atoms with Crippen LogP contribution in [0.5, 0.6) is 0 Å². The lowest BCUT2D eigenvalue weighted by atomic mass is 10.5. The van der Waals surface area contributed by atoms with Crippen LogP contribution in [0.25, 0.3) is 0 Å². The van der Waals surface area contributed by atoms with Crippen LogP contribution in [0.2, 0.25) is 0 Å². The summed E-state index contributed by atoms with van der Waals surface area (Å²) < 4.78 is 11.0. The molecule has 1 saturated heterocycles. The van der Waals surface area contributed by atoms with Crippen LogP contribution in [-0.4, -0.2) is 34.2 Å². The Balaban J connectivity index is 2.32. The number of hydrogen-bond acceptors (Lipinski definition) is 5. The molecule has 2 rings (SSSR count). The van der Waals surface area contributed by atoms with E-state index >= 15 is 0 Å². The third-order valence-corrected chi connectivity index (χ3v) is 2.06. The average molecular weight is 214 g/mol. The molecule has 2 unspecified atom stereocenters. The van der Waals surface area contributed by atoms with Gasteiger partial charge in [-0.15, -0.1) is 0 Å². The van der Waals surface area contributed by atoms with Crippen molar-refractivity contribution in [1.29, 1.82) is 0 Å². The number of aromatic amines is 1. The molecule has 15 heavy (non-hydrogen) atoms. The van der Waals surface area contributed by atoms with Crippen molar-refractivity contribution < 1.29 is 14.6 Å². The van der Waals surface area contributed by atoms with Crippen molar-refractivity contribution in [3.05, 3.63) is 33.1 Å². The molecule has 2 atom stereocenters. The summed E-state index contributed by atoms with van der Waals surface area (Å²) in [6.45, 7) is -0.242. The number of nitrogens with one attached hydrogen (secondary N) is 1. The Bertz CT molecular complexity index is 423. The van der Waals surface area contributed by atoms with Crippen LogP contribution in [-0.2, 0) is 9.47 Å². The highest BCUT2D eigenvalue weighted by molar-refractivity contribution is 4.85. The minimum atomic E-state index is -0.778. The molecule has 2 N–H and O–H groups in total. The summed E-state index contributed by atoms with van der Waals surface area (Å²) in [5, 5.41) is 8.75. The van der Waals surface area contributed by atoms with E-state index in [9.17, 15) is 9.59 Å². The normalized spacial score (nSPS) is 25.7. The van der Waals surface area contributed by atoms with E-state index in [1.54, 1.807) is 0 Å². The molecular formula is C8H10N2O5. The van der Waals surface area contributed by atoms with Crippen molar-refractivity contribution in [2.45, 2.75) is 12.5 Å². The van der Waals surface area contributed by atoms with E-state index < -0.39 is 23.8 Å². The summed E-state index contributed by atoms with van der Waals surface area (Å²) in [7, 11) is 0. The molecule has 0 saturated carbocycles. The standard InChI is InChI=1S/C8H10N2O5/c11-3-7-14-4-6(15-7)10-5(12)1-2-9-8(10)13/h1-2,6-7,11H,3-4H2,(H,9,13). The van der Waals surface area contributed by atoms with Gasteiger partial charge in [0.15, 0.2) is 12.5 Å². The van der Waals surface area contributed by atoms with Crippen molar-refractivity contribution in [2.75, 3.05) is 13.2 Å². The second-order valence-electron chi connectivity index (χ2n) is 3.03. The Hall–Kier alpha value is -1.44. The molecular weight excluding hydrogens is 204 g/mol. The third kappa shape index (κ3) is 1.84. The summed E-state index contributed by atoms with van der Waals surface area (Å²) in [6.07, 6.45) is -0.290. The molecule has 7 nitrogen and oxygen atoms in total. The summed E-state index contributed by atoms with van der Waals surface area (Å²) in [5.41, 5.74) is -1.03. The Morgan fingerprint density at radius 1 is 1.60 bits per heavy atom. The lowest BCUT2D eigenvalue weighted by molar-refractivity contribution is -0.0997. The fourth-order valence-electron chi connectivity index (χ4n) is 1.38. The van der Waals surface area contributed by atoms with Gasteiger partial charge in [0, 0.05) is 12.3 Å². The van der Waals surface area contributed by atoms with Crippen molar-refractivity contribution in [3.63, 3.8) is 0 Å². The number of hydrogen-bond donors (Lipinski definition) is 2. The van der Waals surface area contributed by atoms with Crippen LogP contribution in [0.3, 0.4) is 0 Å². The second kappa shape index (κ2) is 3.97. The van der Waals surface area contributed by atoms with Crippen molar-refractivity contribution in [2.24, 2.45) is 0 Å². The van der Waals surface area contributed by atoms with Gasteiger partial charge in [-0.25, -0.2) is 9.36 Å². The third-order valence-electron chi connectivity index (χ3n) is 2.06. The van der Waals surface area contributed by atoms with Crippen LogP contribution in [0.15, 0.2) is 21.9 Å². The van der Waals surface area contributed by atoms with Gasteiger partial charge in [-0.3, -0.25) is 4.79 Å². The summed E-state index contributed by atoms with van der Waals surface area (Å²) in [6, 6.07) is 1.22. The molecule has 0 spiro atoms. The molecule has 0 aliphatic carbocycles. The molecule has 1 aromatic heterocycles. The van der Waals surface area contributed by atoms with Gasteiger partial charge in [0.25, 0.3) is 5.56 Å². The highest BCUT2D eigenvalue weighted by Gasteiger charge is 2.28. The van der Waals surface area contributed by atoms with Gasteiger partial charge in [-0.1, -0.05) is 0 Å². The molecule has 0 aromatic carbocycles. The van der Waals surface area contributed by atoms with Crippen LogP contribution in [0.1, 0.15) is 6.23 Å². The fraction of sp³-hybridized carbons (Fsp3) is 0.500. The Labute approximate surface area is 83.9 Å². The number of H-pyrrole nitrogens is 1. The molecule has 2 heterocycles. The zero-order chi connectivity index (χ0) is 10.8. The maximum atomic E-state index is 11.4. The average Bonchev–Trinajstić information content (AvgIpc) is 2.66. The topological polar surface area (TPSA) is 93.6 Å². The van der Waals surface area contributed by atoms with E-state index in [-0.39, 0.29) is 13.2 Å². The van der Waals surface area contributed by atoms with Crippen molar-refractivity contribution in [1.82, 2.24) is 9.55 Å². The lowest BCUT2D eigenvalue weighted by Crippen LogP contribution is -2.38. The number of nitrogens with zero attached hydrogens (tertiary/aromatic N) is 1. The van der Waals surface area contributed by atoms with Crippen LogP contribution < -0.4 is 11.2 Å². The Morgan fingerprint density at radius 3 is 3.00 bits per heavy atom. The largest absolute Gasteiger partial charge is 0.391 e. The smallest absolute Gasteiger partial charge is 0.330 e. The maximum Gasteiger partial charge on any atom is 0.330 e. The number of aromatic nitrogens is 2. The molecule has 0 bridgehead atoms. The Kier molecular flexibility index (Phi) is 2.67. The van der Waals surface area contributed by atoms with E-state index in [4.69, 9.17) is 14.6 Å². The number of rotatable bonds is 2. The molecule has 1 aromatic rings. The summed E-state index contributed by atoms with van der Waals surface area (Å²) >= 11 is 0. The van der Waals surface area contributed by atoms with Gasteiger partial charge >= 0.3 is 5.69 Å². The van der Waals surface area contributed by atoms with Gasteiger partial charge in [-0.05, 0) is 0 Å². The second-order valence-corrected chi connectivity index (χ2v) is 3.03. The molecule has 1 aliphatic rings. The molecule has 0 radical (unpaired) electrons. The fourth-order valence-corrected chi connectivity index (χ4v) is 1.38. The molecule has 0 amide bonds. The van der Waals surface area contributed by atoms with Gasteiger partial charge in [0.05, 0.1) is 13.2 Å². The highest BCUT2D eigenvalue weighted by Crippen LogP contribution is 2.17. The zero-order valence-corrected chi connectivity index (χ0v) is 7.75. The first-order valence-corrected chi connectivity index (χ1v) is 4.40. The minimum absolute atomic E-state index is 0.0677. The lowest BCUT2D eigenvalue weighted by Gasteiger charge is -2.10. The maximum absolute atomic E-state index is 11.4. The van der Waals surface area contributed by atoms with Gasteiger partial charge in [-0.2, -0.15) is 0 Å². The number of aliphatic hydroxyl groups is 1. The number of ether oxygens (including phenoxy) is 2. The predicted molar refractivity (Wildman–Crippen MR) is 48.3 cm³/mol.